The number of carbonyl (C=O) groups is 1. The molecule has 8 nitrogen and oxygen atoms in total. The van der Waals surface area contributed by atoms with E-state index in [1.165, 1.54) is 11.3 Å². The van der Waals surface area contributed by atoms with Crippen LogP contribution in [0.25, 0.3) is 6.08 Å². The highest BCUT2D eigenvalue weighted by Gasteiger charge is 2.34. The molecule has 0 spiro atoms. The molecule has 2 heterocycles. The van der Waals surface area contributed by atoms with E-state index in [0.29, 0.717) is 44.3 Å². The summed E-state index contributed by atoms with van der Waals surface area (Å²) in [6.07, 6.45) is 8.47. The first kappa shape index (κ1) is 29.4. The van der Waals surface area contributed by atoms with Gasteiger partial charge in [-0.1, -0.05) is 42.7 Å². The highest BCUT2D eigenvalue weighted by molar-refractivity contribution is 14.1. The van der Waals surface area contributed by atoms with Gasteiger partial charge in [-0.15, -0.1) is 6.42 Å². The largest absolute Gasteiger partial charge is 0.497 e. The van der Waals surface area contributed by atoms with Crippen LogP contribution in [0, 0.1) is 15.9 Å². The van der Waals surface area contributed by atoms with Crippen LogP contribution in [0.15, 0.2) is 57.5 Å². The minimum Gasteiger partial charge on any atom is -0.497 e. The van der Waals surface area contributed by atoms with Crippen molar-refractivity contribution in [3.63, 3.8) is 0 Å². The summed E-state index contributed by atoms with van der Waals surface area (Å²) in [5.41, 5.74) is 2.19. The molecule has 1 aliphatic heterocycles. The summed E-state index contributed by atoms with van der Waals surface area (Å²) in [4.78, 5) is 32.6. The number of aromatic nitrogens is 1. The van der Waals surface area contributed by atoms with Crippen LogP contribution in [0.3, 0.4) is 0 Å². The van der Waals surface area contributed by atoms with Crippen LogP contribution in [0.2, 0.25) is 0 Å². The Balaban J connectivity index is 1.96. The Bertz CT molecular complexity index is 1680. The molecular weight excluding hydrogens is 643 g/mol. The van der Waals surface area contributed by atoms with Crippen LogP contribution in [0.5, 0.6) is 17.2 Å². The van der Waals surface area contributed by atoms with Crippen molar-refractivity contribution in [1.29, 1.82) is 0 Å². The second-order valence-electron chi connectivity index (χ2n) is 8.72. The van der Waals surface area contributed by atoms with Crippen LogP contribution < -0.4 is 29.1 Å². The monoisotopic (exact) mass is 672 g/mol. The number of nitrogens with zero attached hydrogens (tertiary/aromatic N) is 2. The highest BCUT2D eigenvalue weighted by atomic mass is 127. The fourth-order valence-corrected chi connectivity index (χ4v) is 6.28. The number of terminal acetylenes is 1. The predicted molar refractivity (Wildman–Crippen MR) is 163 cm³/mol. The number of hydrogen-bond donors (Lipinski definition) is 0. The summed E-state index contributed by atoms with van der Waals surface area (Å²) in [5.74, 6) is 3.63. The van der Waals surface area contributed by atoms with Gasteiger partial charge in [-0.05, 0) is 77.4 Å². The molecule has 0 amide bonds. The van der Waals surface area contributed by atoms with E-state index in [4.69, 9.17) is 30.4 Å². The van der Waals surface area contributed by atoms with Crippen molar-refractivity contribution >= 4 is 46.0 Å². The maximum Gasteiger partial charge on any atom is 0.338 e. The molecule has 10 heteroatoms. The van der Waals surface area contributed by atoms with Crippen LogP contribution in [0.1, 0.15) is 43.9 Å². The number of carbonyl (C=O) groups excluding carboxylic acids is 1. The number of benzene rings is 2. The Kier molecular flexibility index (Phi) is 9.71. The fraction of sp³-hybridized carbons (Fsp3) is 0.300. The van der Waals surface area contributed by atoms with E-state index in [0.717, 1.165) is 21.1 Å². The lowest BCUT2D eigenvalue weighted by atomic mass is 9.94. The number of esters is 1. The van der Waals surface area contributed by atoms with Gasteiger partial charge in [-0.3, -0.25) is 9.36 Å². The van der Waals surface area contributed by atoms with E-state index >= 15 is 0 Å². The SMILES string of the molecule is C#CCOc1c(I)cc(/C=c2\sc3n(c2=O)[C@H](c2cccc(OC)c2)C(C(=O)OCC)=C(CCC)N=3)cc1OC. The first-order valence-corrected chi connectivity index (χ1v) is 14.6. The molecule has 40 heavy (non-hydrogen) atoms. The van der Waals surface area contributed by atoms with Gasteiger partial charge in [0.05, 0.1) is 46.2 Å². The van der Waals surface area contributed by atoms with E-state index in [1.54, 1.807) is 37.9 Å². The smallest absolute Gasteiger partial charge is 0.338 e. The number of allylic oxidation sites excluding steroid dienone is 1. The summed E-state index contributed by atoms with van der Waals surface area (Å²) in [6.45, 7) is 4.09. The zero-order valence-corrected chi connectivity index (χ0v) is 25.6. The van der Waals surface area contributed by atoms with E-state index < -0.39 is 12.0 Å². The molecular formula is C30H29IN2O6S. The number of fused-ring (bicyclic) bond motifs is 1. The number of methoxy groups -OCH3 is 2. The summed E-state index contributed by atoms with van der Waals surface area (Å²) in [7, 11) is 3.12. The third kappa shape index (κ3) is 5.95. The molecule has 1 aliphatic rings. The molecule has 0 bridgehead atoms. The second-order valence-corrected chi connectivity index (χ2v) is 10.9. The van der Waals surface area contributed by atoms with Crippen LogP contribution in [-0.4, -0.2) is 38.0 Å². The van der Waals surface area contributed by atoms with Crippen molar-refractivity contribution in [3.8, 4) is 29.6 Å². The van der Waals surface area contributed by atoms with Gasteiger partial charge in [-0.2, -0.15) is 0 Å². The summed E-state index contributed by atoms with van der Waals surface area (Å²) in [5, 5.41) is 0. The molecule has 2 aromatic carbocycles. The maximum atomic E-state index is 14.0. The number of ether oxygens (including phenoxy) is 4. The topological polar surface area (TPSA) is 88.4 Å². The standard InChI is InChI=1S/C30H29IN2O6S/c1-6-10-22-25(29(35)38-8-3)26(19-11-9-12-20(17-19)36-4)33-28(34)24(40-30(33)32-22)16-18-14-21(31)27(39-13-7-2)23(15-18)37-5/h2,9,11-12,14-17,26H,6,8,10,13H2,1,3-5H3/b24-16-/t26-/m1/s1. The summed E-state index contributed by atoms with van der Waals surface area (Å²) < 4.78 is 24.9. The van der Waals surface area contributed by atoms with Crippen molar-refractivity contribution in [2.45, 2.75) is 32.7 Å². The van der Waals surface area contributed by atoms with E-state index in [2.05, 4.69) is 28.5 Å². The number of hydrogen-bond acceptors (Lipinski definition) is 8. The van der Waals surface area contributed by atoms with Crippen molar-refractivity contribution in [1.82, 2.24) is 4.57 Å². The third-order valence-corrected chi connectivity index (χ3v) is 7.94. The van der Waals surface area contributed by atoms with Gasteiger partial charge in [0.25, 0.3) is 5.56 Å². The van der Waals surface area contributed by atoms with Crippen LogP contribution in [0.4, 0.5) is 0 Å². The molecule has 4 rings (SSSR count). The lowest BCUT2D eigenvalue weighted by Crippen LogP contribution is -2.40. The van der Waals surface area contributed by atoms with Gasteiger partial charge in [0.2, 0.25) is 0 Å². The average Bonchev–Trinajstić information content (AvgIpc) is 3.25. The maximum absolute atomic E-state index is 14.0. The molecule has 0 aliphatic carbocycles. The van der Waals surface area contributed by atoms with Crippen molar-refractivity contribution in [2.24, 2.45) is 4.99 Å². The average molecular weight is 673 g/mol. The Morgan fingerprint density at radius 1 is 1.23 bits per heavy atom. The first-order valence-electron chi connectivity index (χ1n) is 12.7. The van der Waals surface area contributed by atoms with Crippen LogP contribution in [-0.2, 0) is 9.53 Å². The quantitative estimate of drug-likeness (QED) is 0.182. The van der Waals surface area contributed by atoms with Crippen molar-refractivity contribution in [3.05, 3.63) is 82.1 Å². The molecule has 1 atom stereocenters. The summed E-state index contributed by atoms with van der Waals surface area (Å²) >= 11 is 3.42. The molecule has 3 aromatic rings. The molecule has 0 unspecified atom stereocenters. The predicted octanol–water partition coefficient (Wildman–Crippen LogP) is 4.21. The zero-order valence-electron chi connectivity index (χ0n) is 22.7. The number of thiazole rings is 1. The zero-order chi connectivity index (χ0) is 28.8. The Morgan fingerprint density at radius 2 is 2.02 bits per heavy atom. The van der Waals surface area contributed by atoms with Crippen LogP contribution >= 0.6 is 33.9 Å². The Labute approximate surface area is 250 Å². The molecule has 1 aromatic heterocycles. The fourth-order valence-electron chi connectivity index (χ4n) is 4.48. The third-order valence-electron chi connectivity index (χ3n) is 6.15. The molecule has 0 saturated heterocycles. The van der Waals surface area contributed by atoms with Gasteiger partial charge >= 0.3 is 5.97 Å². The molecule has 0 N–H and O–H groups in total. The molecule has 0 radical (unpaired) electrons. The van der Waals surface area contributed by atoms with E-state index in [-0.39, 0.29) is 18.8 Å². The number of halogens is 1. The van der Waals surface area contributed by atoms with Gasteiger partial charge in [0.15, 0.2) is 16.3 Å². The number of rotatable bonds is 10. The highest BCUT2D eigenvalue weighted by Crippen LogP contribution is 2.35. The van der Waals surface area contributed by atoms with E-state index in [1.807, 2.05) is 37.3 Å². The van der Waals surface area contributed by atoms with Gasteiger partial charge in [0.1, 0.15) is 12.4 Å². The lowest BCUT2D eigenvalue weighted by molar-refractivity contribution is -0.139. The first-order chi connectivity index (χ1) is 19.4. The minimum absolute atomic E-state index is 0.109. The minimum atomic E-state index is -0.719. The molecule has 0 fully saturated rings. The van der Waals surface area contributed by atoms with Gasteiger partial charge in [0, 0.05) is 0 Å². The van der Waals surface area contributed by atoms with Gasteiger partial charge in [-0.25, -0.2) is 9.79 Å². The Hall–Kier alpha value is -3.56. The molecule has 0 saturated carbocycles. The summed E-state index contributed by atoms with van der Waals surface area (Å²) in [6, 6.07) is 10.3. The van der Waals surface area contributed by atoms with Crippen molar-refractivity contribution < 1.29 is 23.7 Å². The van der Waals surface area contributed by atoms with Gasteiger partial charge < -0.3 is 18.9 Å². The van der Waals surface area contributed by atoms with Crippen molar-refractivity contribution in [2.75, 3.05) is 27.4 Å². The second kappa shape index (κ2) is 13.2. The van der Waals surface area contributed by atoms with E-state index in [9.17, 15) is 9.59 Å². The normalized spacial score (nSPS) is 14.7. The lowest BCUT2D eigenvalue weighted by Gasteiger charge is -2.26. The Morgan fingerprint density at radius 3 is 2.70 bits per heavy atom. The molecule has 208 valence electrons.